The van der Waals surface area contributed by atoms with Gasteiger partial charge in [0.2, 0.25) is 6.79 Å². The molecule has 7 aliphatic heterocycles. The Bertz CT molecular complexity index is 4500. The minimum atomic E-state index is -0.594. The number of benzene rings is 6. The van der Waals surface area contributed by atoms with E-state index in [1.807, 2.05) is 94.9 Å². The van der Waals surface area contributed by atoms with Crippen LogP contribution in [-0.2, 0) is 75.4 Å². The molecule has 5 N–H and O–H groups in total. The number of likely N-dealkylation sites (N-methyl/N-ethyl adjacent to an activating group) is 5. The van der Waals surface area contributed by atoms with Gasteiger partial charge in [0.15, 0.2) is 46.4 Å². The number of rotatable bonds is 13. The van der Waals surface area contributed by atoms with Crippen molar-refractivity contribution in [1.82, 2.24) is 30.7 Å². The first-order valence-corrected chi connectivity index (χ1v) is 39.6. The van der Waals surface area contributed by atoms with E-state index in [4.69, 9.17) is 49.5 Å². The largest absolute Gasteiger partial charge is 0.504 e. The fourth-order valence-corrected chi connectivity index (χ4v) is 19.7. The van der Waals surface area contributed by atoms with E-state index < -0.39 is 35.8 Å². The highest BCUT2D eigenvalue weighted by atomic mass is 35.5. The van der Waals surface area contributed by atoms with Gasteiger partial charge in [-0.1, -0.05) is 121 Å². The fraction of sp³-hybridized carbons (Fsp3) is 0.472. The molecule has 0 radical (unpaired) electrons. The normalized spacial score (nSPS) is 28.2. The molecule has 111 heavy (non-hydrogen) atoms. The molecular formula is C89H107ClN6O15. The average Bonchev–Trinajstić information content (AvgIpc) is 1.54. The maximum Gasteiger partial charge on any atom is 0.339 e. The molecule has 7 heterocycles. The number of halogens is 1. The third-order valence-electron chi connectivity index (χ3n) is 25.1. The number of fused-ring (bicyclic) bond motifs is 3. The van der Waals surface area contributed by atoms with Crippen LogP contribution < -0.4 is 39.6 Å². The zero-order valence-electron chi connectivity index (χ0n) is 65.6. The van der Waals surface area contributed by atoms with Crippen LogP contribution in [0.2, 0.25) is 5.02 Å². The van der Waals surface area contributed by atoms with E-state index in [0.717, 1.165) is 112 Å². The number of likely N-dealkylation sites (tertiary alicyclic amines) is 2. The first-order chi connectivity index (χ1) is 53.5. The van der Waals surface area contributed by atoms with E-state index in [1.165, 1.54) is 48.8 Å². The zero-order chi connectivity index (χ0) is 78.6. The smallest absolute Gasteiger partial charge is 0.339 e. The van der Waals surface area contributed by atoms with Gasteiger partial charge >= 0.3 is 23.9 Å². The Hall–Kier alpha value is -9.06. The van der Waals surface area contributed by atoms with Crippen LogP contribution in [0.15, 0.2) is 163 Å². The predicted molar refractivity (Wildman–Crippen MR) is 424 cm³/mol. The molecule has 22 heteroatoms. The third kappa shape index (κ3) is 15.7. The summed E-state index contributed by atoms with van der Waals surface area (Å²) in [5.41, 5.74) is 9.39. The van der Waals surface area contributed by atoms with E-state index in [1.54, 1.807) is 30.3 Å². The number of nitrogens with one attached hydrogen (secondary N) is 3. The van der Waals surface area contributed by atoms with Crippen molar-refractivity contribution in [2.75, 3.05) is 69.3 Å². The summed E-state index contributed by atoms with van der Waals surface area (Å²) in [6.07, 6.45) is 18.0. The Morgan fingerprint density at radius 2 is 1.27 bits per heavy atom. The molecule has 0 amide bonds. The van der Waals surface area contributed by atoms with Crippen molar-refractivity contribution in [3.8, 4) is 34.5 Å². The number of ketones is 1. The van der Waals surface area contributed by atoms with Gasteiger partial charge < -0.3 is 78.8 Å². The number of hydrogen-bond donors (Lipinski definition) is 5. The van der Waals surface area contributed by atoms with E-state index >= 15 is 0 Å². The second-order valence-electron chi connectivity index (χ2n) is 31.4. The molecular weight excluding hydrogens is 1430 g/mol. The molecule has 12 aliphatic rings. The SMILES string of the molecule is CC(=O)Oc1ccc2c3c1O[C@H]1[C@@H](OC(C)=O)C=C[C@H]4[C@@H](C2)N(C)CC[C@@]341.CN1CC[C@]23c4c5ccc(O)c4O[C@H]2[C@@H](O)C=C[C@H]3[C@H]1C5.CNC(C)Cc1ccccc1.CNC1(c2ccccc2Cl)CCCCC1=O.CN[C@H](C)Cc1ccc2c(c1)OCO2.COC(=O)C1=C2CC[C@H](C[C@@H]1OC(=O)c1ccccc1)N2C. The Kier molecular flexibility index (Phi) is 24.6. The van der Waals surface area contributed by atoms with Crippen molar-refractivity contribution >= 4 is 41.3 Å². The van der Waals surface area contributed by atoms with Gasteiger partial charge in [0, 0.05) is 108 Å². The number of ether oxygens (including phenoxy) is 8. The van der Waals surface area contributed by atoms with Crippen LogP contribution >= 0.6 is 11.6 Å². The minimum absolute atomic E-state index is 0.160. The number of aliphatic hydroxyl groups excluding tert-OH is 1. The summed E-state index contributed by atoms with van der Waals surface area (Å²) in [7, 11) is 13.5. The van der Waals surface area contributed by atoms with Crippen molar-refractivity contribution in [3.05, 3.63) is 212 Å². The lowest BCUT2D eigenvalue weighted by atomic mass is 9.53. The Morgan fingerprint density at radius 1 is 0.658 bits per heavy atom. The zero-order valence-corrected chi connectivity index (χ0v) is 66.4. The third-order valence-corrected chi connectivity index (χ3v) is 25.4. The molecule has 4 fully saturated rings. The first kappa shape index (κ1) is 80.0. The predicted octanol–water partition coefficient (Wildman–Crippen LogP) is 11.6. The number of esters is 4. The topological polar surface area (TPSA) is 245 Å². The Morgan fingerprint density at radius 3 is 1.91 bits per heavy atom. The summed E-state index contributed by atoms with van der Waals surface area (Å²) in [5, 5.41) is 30.9. The number of nitrogens with zero attached hydrogens (tertiary/aromatic N) is 3. The number of carbonyl (C=O) groups excluding carboxylic acids is 5. The molecule has 2 spiro atoms. The molecule has 6 bridgehead atoms. The lowest BCUT2D eigenvalue weighted by molar-refractivity contribution is -0.152. The number of methoxy groups -OCH3 is 1. The quantitative estimate of drug-likeness (QED) is 0.0312. The first-order valence-electron chi connectivity index (χ1n) is 39.2. The number of aromatic hydroxyl groups is 1. The second kappa shape index (κ2) is 34.1. The van der Waals surface area contributed by atoms with E-state index in [2.05, 4.69) is 113 Å². The monoisotopic (exact) mass is 1530 g/mol. The molecule has 21 nitrogen and oxygen atoms in total. The average molecular weight is 1540 g/mol. The van der Waals surface area contributed by atoms with Crippen LogP contribution in [-0.4, -0.2) is 185 Å². The van der Waals surface area contributed by atoms with Crippen molar-refractivity contribution in [2.45, 2.75) is 188 Å². The summed E-state index contributed by atoms with van der Waals surface area (Å²) >= 11 is 6.20. The maximum atomic E-state index is 12.3. The van der Waals surface area contributed by atoms with E-state index in [0.29, 0.717) is 89.2 Å². The van der Waals surface area contributed by atoms with Crippen LogP contribution in [0, 0.1) is 11.8 Å². The molecule has 2 unspecified atom stereocenters. The summed E-state index contributed by atoms with van der Waals surface area (Å²) in [4.78, 5) is 66.8. The van der Waals surface area contributed by atoms with Crippen LogP contribution in [0.4, 0.5) is 0 Å². The lowest BCUT2D eigenvalue weighted by Crippen LogP contribution is -2.65. The van der Waals surface area contributed by atoms with E-state index in [-0.39, 0.29) is 52.4 Å². The molecule has 6 aromatic rings. The maximum absolute atomic E-state index is 12.3. The number of piperidine rings is 2. The second-order valence-corrected chi connectivity index (χ2v) is 31.8. The molecule has 5 aliphatic carbocycles. The molecule has 0 aromatic heterocycles. The highest BCUT2D eigenvalue weighted by Gasteiger charge is 2.66. The molecule has 3 saturated heterocycles. The van der Waals surface area contributed by atoms with Crippen LogP contribution in [0.3, 0.4) is 0 Å². The Labute approximate surface area is 656 Å². The highest BCUT2D eigenvalue weighted by molar-refractivity contribution is 6.31. The van der Waals surface area contributed by atoms with Crippen molar-refractivity contribution in [1.29, 1.82) is 0 Å². The molecule has 6 aromatic carbocycles. The highest BCUT2D eigenvalue weighted by Crippen LogP contribution is 2.64. The van der Waals surface area contributed by atoms with Crippen molar-refractivity contribution in [3.63, 3.8) is 0 Å². The van der Waals surface area contributed by atoms with Crippen molar-refractivity contribution < 1.29 is 72.1 Å². The number of phenolic OH excluding ortho intramolecular Hbond substituents is 1. The van der Waals surface area contributed by atoms with Gasteiger partial charge in [0.25, 0.3) is 0 Å². The summed E-state index contributed by atoms with van der Waals surface area (Å²) in [6.45, 7) is 9.48. The van der Waals surface area contributed by atoms with Crippen LogP contribution in [0.25, 0.3) is 0 Å². The Balaban J connectivity index is 0.000000119. The van der Waals surface area contributed by atoms with Crippen molar-refractivity contribution in [2.24, 2.45) is 11.8 Å². The number of allylic oxidation sites excluding steroid dienone is 1. The summed E-state index contributed by atoms with van der Waals surface area (Å²) in [6, 6.07) is 42.9. The van der Waals surface area contributed by atoms with Gasteiger partial charge in [0.1, 0.15) is 30.0 Å². The van der Waals surface area contributed by atoms with Gasteiger partial charge in [-0.25, -0.2) is 9.59 Å². The lowest BCUT2D eigenvalue weighted by Gasteiger charge is -2.56. The molecule has 590 valence electrons. The standard InChI is InChI=1S/C21H23NO5.C17H19NO4.C17H19NO3.C13H16ClNO.C11H15NO2.C10H15N/c1-11(23)25-16-6-4-13-10-15-14-5-7-17(26-12(2)24)20-21(14,8-9-22(15)3)18(13)19(16)27-20;1-18-12-8-9-13(18)15(17(20)21-2)14(10-12)22-16(19)11-6-4-3-5-7-11;1-18-7-6-17-10-3-5-13(20)16(17)21-15-12(19)4-2-9(14(15)17)8-11(10)18;1-15-13(9-5-4-8-12(13)16)10-6-2-3-7-11(10)14;1-8(12-2)5-9-3-4-10-11(6-9)14-7-13-10;1-9(11-2)8-10-6-4-3-5-7-10/h4-7,14-15,17,20H,8-10H2,1-3H3;3-7,12,14H,8-10H2,1-2H3;2-5,10-11,13,16,19-20H,6-8H2,1H3;2-3,6-7,15H,4-5,8-9H2,1H3;3-4,6,8,12H,5,7H2,1-2H3;3-7,9,11H,8H2,1-2H3/t14-,15+,17-,20-,21-;12-,14+;10-,11+,13-,16-,17-;;8-;/m010.1./s1. The molecule has 15 atom stereocenters. The molecule has 18 rings (SSSR count). The van der Waals surface area contributed by atoms with Gasteiger partial charge in [-0.05, 0) is 203 Å². The van der Waals surface area contributed by atoms with Gasteiger partial charge in [-0.3, -0.25) is 14.4 Å². The molecule has 1 saturated carbocycles. The number of carbonyl (C=O) groups is 5. The van der Waals surface area contributed by atoms with Gasteiger partial charge in [-0.15, -0.1) is 0 Å². The van der Waals surface area contributed by atoms with Crippen LogP contribution in [0.1, 0.15) is 135 Å². The van der Waals surface area contributed by atoms with Gasteiger partial charge in [-0.2, -0.15) is 0 Å². The number of Topliss-reactive ketones (excluding diaryl/α,β-unsaturated/α-hetero) is 1. The number of hydrogen-bond acceptors (Lipinski definition) is 21. The fourth-order valence-electron chi connectivity index (χ4n) is 19.4. The summed E-state index contributed by atoms with van der Waals surface area (Å²) < 4.78 is 44.6. The number of aliphatic hydroxyl groups is 1. The van der Waals surface area contributed by atoms with Crippen LogP contribution in [0.5, 0.6) is 34.5 Å². The summed E-state index contributed by atoms with van der Waals surface area (Å²) in [5.74, 6) is 3.06. The van der Waals surface area contributed by atoms with Gasteiger partial charge in [0.05, 0.1) is 18.2 Å². The minimum Gasteiger partial charge on any atom is -0.504 e. The van der Waals surface area contributed by atoms with E-state index in [9.17, 15) is 34.2 Å². The number of phenols is 1.